The molecule has 0 heterocycles. The van der Waals surface area contributed by atoms with Crippen molar-refractivity contribution in [2.75, 3.05) is 0 Å². The second-order valence-corrected chi connectivity index (χ2v) is 7.51. The molecule has 0 aliphatic carbocycles. The Kier molecular flexibility index (Phi) is 5.63. The van der Waals surface area contributed by atoms with Crippen LogP contribution in [0.25, 0.3) is 22.4 Å². The number of nitriles is 1. The summed E-state index contributed by atoms with van der Waals surface area (Å²) in [6.07, 6.45) is 1.94. The first-order valence-electron chi connectivity index (χ1n) is 10.0. The van der Waals surface area contributed by atoms with Crippen LogP contribution in [0.2, 0.25) is 0 Å². The Morgan fingerprint density at radius 2 is 1.50 bits per heavy atom. The van der Waals surface area contributed by atoms with Gasteiger partial charge in [-0.3, -0.25) is 0 Å². The van der Waals surface area contributed by atoms with Crippen molar-refractivity contribution in [1.82, 2.24) is 0 Å². The van der Waals surface area contributed by atoms with Gasteiger partial charge in [0.2, 0.25) is 0 Å². The van der Waals surface area contributed by atoms with Gasteiger partial charge < -0.3 is 4.74 Å². The molecule has 0 aliphatic heterocycles. The summed E-state index contributed by atoms with van der Waals surface area (Å²) in [6, 6.07) is 31.0. The number of rotatable bonds is 5. The van der Waals surface area contributed by atoms with Gasteiger partial charge in [0.05, 0.1) is 11.6 Å². The van der Waals surface area contributed by atoms with Gasteiger partial charge in [0.25, 0.3) is 0 Å². The molecule has 2 heteroatoms. The van der Waals surface area contributed by atoms with E-state index < -0.39 is 0 Å². The summed E-state index contributed by atoms with van der Waals surface area (Å²) < 4.78 is 6.22. The molecular formula is C28H23NO. The molecule has 0 radical (unpaired) electrons. The minimum atomic E-state index is 0.478. The molecule has 30 heavy (non-hydrogen) atoms. The van der Waals surface area contributed by atoms with E-state index in [-0.39, 0.29) is 0 Å². The van der Waals surface area contributed by atoms with Crippen molar-refractivity contribution in [2.24, 2.45) is 0 Å². The van der Waals surface area contributed by atoms with Gasteiger partial charge in [-0.15, -0.1) is 0 Å². The molecule has 0 aliphatic rings. The second-order valence-electron chi connectivity index (χ2n) is 7.51. The summed E-state index contributed by atoms with van der Waals surface area (Å²) in [5, 5.41) is 12.0. The predicted molar refractivity (Wildman–Crippen MR) is 124 cm³/mol. The first-order chi connectivity index (χ1) is 14.6. The average molecular weight is 389 g/mol. The topological polar surface area (TPSA) is 33.0 Å². The van der Waals surface area contributed by atoms with Gasteiger partial charge in [-0.2, -0.15) is 5.26 Å². The van der Waals surface area contributed by atoms with E-state index in [1.54, 1.807) is 0 Å². The summed E-state index contributed by atoms with van der Waals surface area (Å²) in [5.74, 6) is 0.772. The van der Waals surface area contributed by atoms with E-state index >= 15 is 0 Å². The average Bonchev–Trinajstić information content (AvgIpc) is 2.78. The summed E-state index contributed by atoms with van der Waals surface area (Å²) in [7, 11) is 0. The van der Waals surface area contributed by atoms with Crippen LogP contribution in [0.3, 0.4) is 0 Å². The highest BCUT2D eigenvalue weighted by molar-refractivity contribution is 6.00. The molecule has 0 saturated carbocycles. The third-order valence-electron chi connectivity index (χ3n) is 5.22. The van der Waals surface area contributed by atoms with Crippen molar-refractivity contribution in [1.29, 1.82) is 5.26 Å². The molecule has 0 bridgehead atoms. The summed E-state index contributed by atoms with van der Waals surface area (Å²) in [6.45, 7) is 4.60. The molecule has 2 nitrogen and oxygen atoms in total. The van der Waals surface area contributed by atoms with E-state index in [1.165, 1.54) is 11.1 Å². The van der Waals surface area contributed by atoms with Gasteiger partial charge in [0.15, 0.2) is 0 Å². The van der Waals surface area contributed by atoms with E-state index in [9.17, 15) is 5.26 Å². The third kappa shape index (κ3) is 4.26. The maximum absolute atomic E-state index is 9.85. The number of nitrogens with zero attached hydrogens (tertiary/aromatic N) is 1. The zero-order valence-corrected chi connectivity index (χ0v) is 17.2. The third-order valence-corrected chi connectivity index (χ3v) is 5.22. The van der Waals surface area contributed by atoms with Crippen molar-refractivity contribution in [3.8, 4) is 11.8 Å². The number of benzene rings is 4. The van der Waals surface area contributed by atoms with Crippen LogP contribution in [0.15, 0.2) is 84.9 Å². The van der Waals surface area contributed by atoms with Crippen LogP contribution in [0.1, 0.15) is 27.8 Å². The van der Waals surface area contributed by atoms with Crippen LogP contribution in [-0.2, 0) is 6.61 Å². The lowest BCUT2D eigenvalue weighted by atomic mass is 9.98. The van der Waals surface area contributed by atoms with Crippen molar-refractivity contribution in [2.45, 2.75) is 20.5 Å². The molecule has 0 aromatic heterocycles. The van der Waals surface area contributed by atoms with Crippen LogP contribution >= 0.6 is 0 Å². The molecule has 0 N–H and O–H groups in total. The molecular weight excluding hydrogens is 366 g/mol. The number of fused-ring (bicyclic) bond motifs is 1. The second kappa shape index (κ2) is 8.68. The maximum Gasteiger partial charge on any atom is 0.127 e. The fourth-order valence-corrected chi connectivity index (χ4v) is 3.45. The number of aryl methyl sites for hydroxylation is 2. The number of hydrogen-bond donors (Lipinski definition) is 0. The largest absolute Gasteiger partial charge is 0.488 e. The van der Waals surface area contributed by atoms with Crippen molar-refractivity contribution in [3.05, 3.63) is 113 Å². The number of ether oxygens (including phenoxy) is 1. The number of allylic oxidation sites excluding steroid dienone is 1. The minimum Gasteiger partial charge on any atom is -0.488 e. The van der Waals surface area contributed by atoms with Crippen molar-refractivity contribution < 1.29 is 4.74 Å². The van der Waals surface area contributed by atoms with Gasteiger partial charge in [0.1, 0.15) is 12.4 Å². The fraction of sp³-hybridized carbons (Fsp3) is 0.107. The fourth-order valence-electron chi connectivity index (χ4n) is 3.45. The van der Waals surface area contributed by atoms with E-state index in [4.69, 9.17) is 4.74 Å². The molecule has 0 spiro atoms. The number of hydrogen-bond acceptors (Lipinski definition) is 2. The maximum atomic E-state index is 9.85. The highest BCUT2D eigenvalue weighted by Gasteiger charge is 2.10. The molecule has 0 amide bonds. The van der Waals surface area contributed by atoms with E-state index in [0.717, 1.165) is 33.2 Å². The van der Waals surface area contributed by atoms with Crippen LogP contribution in [0, 0.1) is 25.2 Å². The molecule has 146 valence electrons. The Hall–Kier alpha value is -3.83. The quantitative estimate of drug-likeness (QED) is 0.269. The van der Waals surface area contributed by atoms with Crippen LogP contribution in [0.5, 0.6) is 5.75 Å². The highest BCUT2D eigenvalue weighted by Crippen LogP contribution is 2.32. The van der Waals surface area contributed by atoms with E-state index in [2.05, 4.69) is 55.5 Å². The Bertz CT molecular complexity index is 1240. The molecule has 0 atom stereocenters. The lowest BCUT2D eigenvalue weighted by molar-refractivity contribution is 0.306. The lowest BCUT2D eigenvalue weighted by Gasteiger charge is -2.13. The molecule has 0 unspecified atom stereocenters. The van der Waals surface area contributed by atoms with Gasteiger partial charge >= 0.3 is 0 Å². The molecule has 0 fully saturated rings. The van der Waals surface area contributed by atoms with Crippen LogP contribution in [0.4, 0.5) is 0 Å². The smallest absolute Gasteiger partial charge is 0.127 e. The molecule has 0 saturated heterocycles. The first-order valence-corrected chi connectivity index (χ1v) is 10.0. The van der Waals surface area contributed by atoms with Gasteiger partial charge in [0, 0.05) is 5.56 Å². The van der Waals surface area contributed by atoms with Crippen molar-refractivity contribution in [3.63, 3.8) is 0 Å². The normalized spacial score (nSPS) is 11.3. The SMILES string of the molecule is Cc1ccc(COc2ccc3ccccc3c2/C=C(/C#N)c2ccc(C)cc2)cc1. The molecule has 4 rings (SSSR count). The summed E-state index contributed by atoms with van der Waals surface area (Å²) in [4.78, 5) is 0. The Labute approximate surface area is 177 Å². The Morgan fingerprint density at radius 3 is 2.20 bits per heavy atom. The summed E-state index contributed by atoms with van der Waals surface area (Å²) >= 11 is 0. The van der Waals surface area contributed by atoms with Gasteiger partial charge in [-0.1, -0.05) is 90.0 Å². The zero-order chi connectivity index (χ0) is 20.9. The van der Waals surface area contributed by atoms with Crippen LogP contribution < -0.4 is 4.74 Å². The van der Waals surface area contributed by atoms with E-state index in [0.29, 0.717) is 12.2 Å². The van der Waals surface area contributed by atoms with Crippen molar-refractivity contribution >= 4 is 22.4 Å². The Balaban J connectivity index is 1.77. The minimum absolute atomic E-state index is 0.478. The highest BCUT2D eigenvalue weighted by atomic mass is 16.5. The first kappa shape index (κ1) is 19.5. The lowest BCUT2D eigenvalue weighted by Crippen LogP contribution is -1.98. The monoisotopic (exact) mass is 389 g/mol. The zero-order valence-electron chi connectivity index (χ0n) is 17.2. The Morgan fingerprint density at radius 1 is 0.833 bits per heavy atom. The summed E-state index contributed by atoms with van der Waals surface area (Å²) in [5.41, 5.74) is 5.96. The predicted octanol–water partition coefficient (Wildman–Crippen LogP) is 7.10. The van der Waals surface area contributed by atoms with Gasteiger partial charge in [-0.25, -0.2) is 0 Å². The molecule has 4 aromatic rings. The van der Waals surface area contributed by atoms with E-state index in [1.807, 2.05) is 55.5 Å². The van der Waals surface area contributed by atoms with Crippen LogP contribution in [-0.4, -0.2) is 0 Å². The standard InChI is InChI=1S/C28H23NO/c1-20-7-11-22(12-8-20)19-30-28-16-15-24-5-3-4-6-26(24)27(28)17-25(18-29)23-13-9-21(2)10-14-23/h3-17H,19H2,1-2H3/b25-17-. The molecule has 4 aromatic carbocycles. The van der Waals surface area contributed by atoms with Gasteiger partial charge in [-0.05, 0) is 47.9 Å².